The van der Waals surface area contributed by atoms with E-state index in [0.717, 1.165) is 37.4 Å². The van der Waals surface area contributed by atoms with Crippen LogP contribution in [0.1, 0.15) is 23.3 Å². The molecule has 0 bridgehead atoms. The Bertz CT molecular complexity index is 619. The minimum Gasteiger partial charge on any atom is -0.495 e. The Kier molecular flexibility index (Phi) is 4.27. The molecule has 2 aromatic rings. The Hall–Kier alpha value is -2.50. The van der Waals surface area contributed by atoms with Gasteiger partial charge in [0.05, 0.1) is 12.8 Å². The average molecular weight is 300 g/mol. The Balaban J connectivity index is 1.57. The SMILES string of the molecule is COc1ccccc1N1CCC(NC(=O)c2ccn[nH]2)CC1. The van der Waals surface area contributed by atoms with Crippen LogP contribution in [0.3, 0.4) is 0 Å². The van der Waals surface area contributed by atoms with Crippen LogP contribution in [0.4, 0.5) is 5.69 Å². The fourth-order valence-corrected chi connectivity index (χ4v) is 2.80. The molecule has 1 aromatic carbocycles. The van der Waals surface area contributed by atoms with Crippen LogP contribution in [0.5, 0.6) is 5.75 Å². The maximum absolute atomic E-state index is 12.0. The van der Waals surface area contributed by atoms with Crippen LogP contribution in [0.25, 0.3) is 0 Å². The number of carbonyl (C=O) groups excluding carboxylic acids is 1. The third-order valence-corrected chi connectivity index (χ3v) is 4.00. The van der Waals surface area contributed by atoms with Gasteiger partial charge in [0.15, 0.2) is 0 Å². The number of amides is 1. The summed E-state index contributed by atoms with van der Waals surface area (Å²) in [5.74, 6) is 0.802. The van der Waals surface area contributed by atoms with Crippen molar-refractivity contribution in [3.8, 4) is 5.75 Å². The van der Waals surface area contributed by atoms with Crippen molar-refractivity contribution in [2.75, 3.05) is 25.1 Å². The highest BCUT2D eigenvalue weighted by Gasteiger charge is 2.23. The van der Waals surface area contributed by atoms with Gasteiger partial charge in [0.25, 0.3) is 5.91 Å². The highest BCUT2D eigenvalue weighted by atomic mass is 16.5. The van der Waals surface area contributed by atoms with Crippen molar-refractivity contribution in [1.29, 1.82) is 0 Å². The molecule has 116 valence electrons. The number of hydrogen-bond acceptors (Lipinski definition) is 4. The molecule has 6 heteroatoms. The zero-order valence-electron chi connectivity index (χ0n) is 12.6. The van der Waals surface area contributed by atoms with Crippen LogP contribution in [-0.4, -0.2) is 42.3 Å². The molecule has 0 unspecified atom stereocenters. The molecule has 1 saturated heterocycles. The molecule has 1 fully saturated rings. The van der Waals surface area contributed by atoms with E-state index < -0.39 is 0 Å². The first-order valence-electron chi connectivity index (χ1n) is 7.46. The highest BCUT2D eigenvalue weighted by Crippen LogP contribution is 2.29. The number of aromatic nitrogens is 2. The lowest BCUT2D eigenvalue weighted by Crippen LogP contribution is -2.44. The lowest BCUT2D eigenvalue weighted by molar-refractivity contribution is 0.0926. The number of carbonyl (C=O) groups is 1. The summed E-state index contributed by atoms with van der Waals surface area (Å²) in [6.07, 6.45) is 3.41. The molecule has 1 aliphatic rings. The van der Waals surface area contributed by atoms with E-state index in [1.807, 2.05) is 18.2 Å². The van der Waals surface area contributed by atoms with E-state index in [2.05, 4.69) is 26.5 Å². The van der Waals surface area contributed by atoms with Gasteiger partial charge in [0.2, 0.25) is 0 Å². The Morgan fingerprint density at radius 1 is 1.32 bits per heavy atom. The van der Waals surface area contributed by atoms with Crippen molar-refractivity contribution in [3.05, 3.63) is 42.2 Å². The first kappa shape index (κ1) is 14.4. The molecule has 0 aliphatic carbocycles. The summed E-state index contributed by atoms with van der Waals surface area (Å²) in [6.45, 7) is 1.79. The van der Waals surface area contributed by atoms with Gasteiger partial charge in [-0.25, -0.2) is 0 Å². The van der Waals surface area contributed by atoms with Gasteiger partial charge in [-0.3, -0.25) is 9.89 Å². The molecule has 3 rings (SSSR count). The van der Waals surface area contributed by atoms with Gasteiger partial charge in [-0.05, 0) is 31.0 Å². The van der Waals surface area contributed by atoms with E-state index in [1.54, 1.807) is 19.4 Å². The number of benzene rings is 1. The van der Waals surface area contributed by atoms with Gasteiger partial charge in [-0.15, -0.1) is 0 Å². The summed E-state index contributed by atoms with van der Waals surface area (Å²) in [4.78, 5) is 14.3. The molecule has 2 N–H and O–H groups in total. The van der Waals surface area contributed by atoms with Crippen LogP contribution < -0.4 is 15.0 Å². The van der Waals surface area contributed by atoms with Crippen molar-refractivity contribution in [2.45, 2.75) is 18.9 Å². The number of rotatable bonds is 4. The maximum Gasteiger partial charge on any atom is 0.269 e. The van der Waals surface area contributed by atoms with Crippen molar-refractivity contribution in [1.82, 2.24) is 15.5 Å². The fourth-order valence-electron chi connectivity index (χ4n) is 2.80. The molecule has 22 heavy (non-hydrogen) atoms. The number of methoxy groups -OCH3 is 1. The Morgan fingerprint density at radius 2 is 2.09 bits per heavy atom. The zero-order chi connectivity index (χ0) is 15.4. The molecule has 0 saturated carbocycles. The molecular formula is C16H20N4O2. The van der Waals surface area contributed by atoms with Gasteiger partial charge >= 0.3 is 0 Å². The summed E-state index contributed by atoms with van der Waals surface area (Å²) in [5, 5.41) is 9.54. The summed E-state index contributed by atoms with van der Waals surface area (Å²) in [7, 11) is 1.69. The van der Waals surface area contributed by atoms with Gasteiger partial charge in [0.1, 0.15) is 11.4 Å². The number of nitrogens with zero attached hydrogens (tertiary/aromatic N) is 2. The van der Waals surface area contributed by atoms with E-state index in [0.29, 0.717) is 5.69 Å². The second kappa shape index (κ2) is 6.51. The van der Waals surface area contributed by atoms with Gasteiger partial charge in [0, 0.05) is 25.3 Å². The summed E-state index contributed by atoms with van der Waals surface area (Å²) < 4.78 is 5.42. The molecule has 2 heterocycles. The lowest BCUT2D eigenvalue weighted by Gasteiger charge is -2.34. The van der Waals surface area contributed by atoms with Gasteiger partial charge in [-0.1, -0.05) is 12.1 Å². The minimum atomic E-state index is -0.0896. The number of hydrogen-bond donors (Lipinski definition) is 2. The quantitative estimate of drug-likeness (QED) is 0.903. The molecule has 1 aliphatic heterocycles. The van der Waals surface area contributed by atoms with Crippen LogP contribution in [0.2, 0.25) is 0 Å². The van der Waals surface area contributed by atoms with E-state index >= 15 is 0 Å². The third-order valence-electron chi connectivity index (χ3n) is 4.00. The summed E-state index contributed by atoms with van der Waals surface area (Å²) in [5.41, 5.74) is 1.62. The zero-order valence-corrected chi connectivity index (χ0v) is 12.6. The smallest absolute Gasteiger partial charge is 0.269 e. The molecule has 0 radical (unpaired) electrons. The largest absolute Gasteiger partial charge is 0.495 e. The summed E-state index contributed by atoms with van der Waals surface area (Å²) >= 11 is 0. The number of ether oxygens (including phenoxy) is 1. The highest BCUT2D eigenvalue weighted by molar-refractivity contribution is 5.92. The van der Waals surface area contributed by atoms with Crippen LogP contribution >= 0.6 is 0 Å². The van der Waals surface area contributed by atoms with Crippen molar-refractivity contribution in [2.24, 2.45) is 0 Å². The van der Waals surface area contributed by atoms with Crippen molar-refractivity contribution in [3.63, 3.8) is 0 Å². The summed E-state index contributed by atoms with van der Waals surface area (Å²) in [6, 6.07) is 9.91. The van der Waals surface area contributed by atoms with Crippen LogP contribution in [0.15, 0.2) is 36.5 Å². The van der Waals surface area contributed by atoms with Gasteiger partial charge < -0.3 is 15.0 Å². The van der Waals surface area contributed by atoms with E-state index in [-0.39, 0.29) is 11.9 Å². The lowest BCUT2D eigenvalue weighted by atomic mass is 10.0. The average Bonchev–Trinajstić information content (AvgIpc) is 3.10. The van der Waals surface area contributed by atoms with E-state index in [4.69, 9.17) is 4.74 Å². The minimum absolute atomic E-state index is 0.0896. The molecule has 0 spiro atoms. The Morgan fingerprint density at radius 3 is 2.77 bits per heavy atom. The number of para-hydroxylation sites is 2. The Labute approximate surface area is 129 Å². The third kappa shape index (κ3) is 3.05. The second-order valence-corrected chi connectivity index (χ2v) is 5.38. The van der Waals surface area contributed by atoms with E-state index in [1.165, 1.54) is 0 Å². The fraction of sp³-hybridized carbons (Fsp3) is 0.375. The predicted octanol–water partition coefficient (Wildman–Crippen LogP) is 1.82. The standard InChI is InChI=1S/C16H20N4O2/c1-22-15-5-3-2-4-14(15)20-10-7-12(8-11-20)18-16(21)13-6-9-17-19-13/h2-6,9,12H,7-8,10-11H2,1H3,(H,17,19)(H,18,21). The number of anilines is 1. The van der Waals surface area contributed by atoms with Gasteiger partial charge in [-0.2, -0.15) is 5.10 Å². The van der Waals surface area contributed by atoms with Crippen molar-refractivity contribution < 1.29 is 9.53 Å². The predicted molar refractivity (Wildman–Crippen MR) is 84.3 cm³/mol. The maximum atomic E-state index is 12.0. The molecule has 0 atom stereocenters. The second-order valence-electron chi connectivity index (χ2n) is 5.38. The number of piperidine rings is 1. The number of nitrogens with one attached hydrogen (secondary N) is 2. The van der Waals surface area contributed by atoms with Crippen molar-refractivity contribution >= 4 is 11.6 Å². The van der Waals surface area contributed by atoms with Crippen LogP contribution in [0, 0.1) is 0 Å². The molecular weight excluding hydrogens is 280 g/mol. The number of aromatic amines is 1. The monoisotopic (exact) mass is 300 g/mol. The first-order valence-corrected chi connectivity index (χ1v) is 7.46. The van der Waals surface area contributed by atoms with E-state index in [9.17, 15) is 4.79 Å². The topological polar surface area (TPSA) is 70.2 Å². The molecule has 1 aromatic heterocycles. The normalized spacial score (nSPS) is 15.6. The van der Waals surface area contributed by atoms with Crippen LogP contribution in [-0.2, 0) is 0 Å². The molecule has 1 amide bonds. The molecule has 6 nitrogen and oxygen atoms in total. The number of H-pyrrole nitrogens is 1. The first-order chi connectivity index (χ1) is 10.8.